The maximum atomic E-state index is 2.45. The maximum absolute atomic E-state index is 2.45. The first kappa shape index (κ1) is 14.6. The zero-order valence-electron chi connectivity index (χ0n) is 14.2. The van der Waals surface area contributed by atoms with Gasteiger partial charge < -0.3 is 0 Å². The van der Waals surface area contributed by atoms with Crippen molar-refractivity contribution >= 4 is 32.8 Å². The highest BCUT2D eigenvalue weighted by atomic mass is 32.1. The van der Waals surface area contributed by atoms with Crippen molar-refractivity contribution in [1.82, 2.24) is 0 Å². The molecule has 0 bridgehead atoms. The minimum Gasteiger partial charge on any atom is -0.199 e. The zero-order chi connectivity index (χ0) is 16.2. The number of rotatable bonds is 2. The Hall–Kier alpha value is -1.93. The van der Waals surface area contributed by atoms with Gasteiger partial charge in [0.1, 0.15) is 6.54 Å². The molecule has 4 rings (SSSR count). The van der Waals surface area contributed by atoms with Gasteiger partial charge in [0.25, 0.3) is 0 Å². The summed E-state index contributed by atoms with van der Waals surface area (Å²) in [5.74, 6) is 0. The van der Waals surface area contributed by atoms with Crippen LogP contribution in [0.4, 0.5) is 5.69 Å². The second-order valence-corrected chi connectivity index (χ2v) is 7.74. The molecule has 1 nitrogen and oxygen atoms in total. The summed E-state index contributed by atoms with van der Waals surface area (Å²) in [5, 5.41) is 3.66. The van der Waals surface area contributed by atoms with Gasteiger partial charge in [0.2, 0.25) is 5.69 Å². The van der Waals surface area contributed by atoms with E-state index in [1.54, 1.807) is 0 Å². The molecule has 0 atom stereocenters. The first-order valence-electron chi connectivity index (χ1n) is 8.26. The van der Waals surface area contributed by atoms with Crippen LogP contribution < -0.4 is 0 Å². The van der Waals surface area contributed by atoms with Crippen LogP contribution in [0.1, 0.15) is 33.3 Å². The predicted octanol–water partition coefficient (Wildman–Crippen LogP) is 5.98. The Morgan fingerprint density at radius 1 is 1.09 bits per heavy atom. The van der Waals surface area contributed by atoms with Gasteiger partial charge in [0.05, 0.1) is 5.41 Å². The van der Waals surface area contributed by atoms with E-state index in [0.29, 0.717) is 0 Å². The third-order valence-corrected chi connectivity index (χ3v) is 6.34. The van der Waals surface area contributed by atoms with Gasteiger partial charge >= 0.3 is 0 Å². The summed E-state index contributed by atoms with van der Waals surface area (Å²) in [6, 6.07) is 15.7. The van der Waals surface area contributed by atoms with Crippen molar-refractivity contribution < 1.29 is 4.58 Å². The number of hydrogen-bond donors (Lipinski definition) is 0. The van der Waals surface area contributed by atoms with E-state index in [1.165, 1.54) is 38.2 Å². The lowest BCUT2D eigenvalue weighted by atomic mass is 9.81. The molecule has 0 saturated carbocycles. The lowest BCUT2D eigenvalue weighted by molar-refractivity contribution is -0.434. The SMILES string of the molecule is CC[N+]1=C(C)C(C)(C)c2cc(-c3csc4ccccc34)ccc21. The van der Waals surface area contributed by atoms with Crippen LogP contribution in [0.2, 0.25) is 0 Å². The van der Waals surface area contributed by atoms with Crippen molar-refractivity contribution in [2.24, 2.45) is 0 Å². The van der Waals surface area contributed by atoms with E-state index in [4.69, 9.17) is 0 Å². The first-order valence-corrected chi connectivity index (χ1v) is 9.14. The van der Waals surface area contributed by atoms with Crippen LogP contribution in [0.3, 0.4) is 0 Å². The lowest BCUT2D eigenvalue weighted by Gasteiger charge is -2.15. The van der Waals surface area contributed by atoms with Gasteiger partial charge in [-0.2, -0.15) is 4.58 Å². The third kappa shape index (κ3) is 2.01. The smallest absolute Gasteiger partial charge is 0.199 e. The molecule has 23 heavy (non-hydrogen) atoms. The zero-order valence-corrected chi connectivity index (χ0v) is 15.0. The van der Waals surface area contributed by atoms with E-state index in [1.807, 2.05) is 11.3 Å². The van der Waals surface area contributed by atoms with Gasteiger partial charge in [-0.3, -0.25) is 0 Å². The monoisotopic (exact) mass is 320 g/mol. The van der Waals surface area contributed by atoms with Crippen LogP contribution in [0.5, 0.6) is 0 Å². The minimum absolute atomic E-state index is 0.104. The summed E-state index contributed by atoms with van der Waals surface area (Å²) in [7, 11) is 0. The fourth-order valence-corrected chi connectivity index (χ4v) is 4.73. The lowest BCUT2D eigenvalue weighted by Crippen LogP contribution is -2.26. The Kier molecular flexibility index (Phi) is 3.21. The van der Waals surface area contributed by atoms with Gasteiger partial charge in [-0.1, -0.05) is 18.2 Å². The Balaban J connectivity index is 1.92. The normalized spacial score (nSPS) is 16.2. The first-order chi connectivity index (χ1) is 11.0. The molecular weight excluding hydrogens is 298 g/mol. The Bertz CT molecular complexity index is 943. The van der Waals surface area contributed by atoms with Gasteiger partial charge in [-0.25, -0.2) is 0 Å². The van der Waals surface area contributed by atoms with Gasteiger partial charge in [-0.05, 0) is 49.9 Å². The van der Waals surface area contributed by atoms with Crippen LogP contribution in [-0.2, 0) is 5.41 Å². The highest BCUT2D eigenvalue weighted by Gasteiger charge is 2.42. The molecule has 2 heterocycles. The summed E-state index contributed by atoms with van der Waals surface area (Å²) >= 11 is 1.83. The molecule has 1 aliphatic rings. The van der Waals surface area contributed by atoms with Crippen molar-refractivity contribution in [1.29, 1.82) is 0 Å². The average molecular weight is 320 g/mol. The molecule has 0 aliphatic carbocycles. The molecular formula is C21H22NS+. The van der Waals surface area contributed by atoms with E-state index < -0.39 is 0 Å². The molecule has 2 aromatic carbocycles. The van der Waals surface area contributed by atoms with E-state index in [0.717, 1.165) is 6.54 Å². The number of nitrogens with zero attached hydrogens (tertiary/aromatic N) is 1. The molecule has 1 aromatic heterocycles. The largest absolute Gasteiger partial charge is 0.209 e. The molecule has 0 unspecified atom stereocenters. The van der Waals surface area contributed by atoms with Crippen LogP contribution >= 0.6 is 11.3 Å². The van der Waals surface area contributed by atoms with Gasteiger partial charge in [-0.15, -0.1) is 11.3 Å². The average Bonchev–Trinajstić information content (AvgIpc) is 3.06. The van der Waals surface area contributed by atoms with Gasteiger partial charge in [0, 0.05) is 34.2 Å². The van der Waals surface area contributed by atoms with Crippen LogP contribution in [0, 0.1) is 0 Å². The van der Waals surface area contributed by atoms with Crippen molar-refractivity contribution in [3.63, 3.8) is 0 Å². The predicted molar refractivity (Wildman–Crippen MR) is 101 cm³/mol. The molecule has 1 aliphatic heterocycles. The third-order valence-electron chi connectivity index (χ3n) is 5.38. The van der Waals surface area contributed by atoms with E-state index >= 15 is 0 Å². The standard InChI is InChI=1S/C21H22NS/c1-5-22-14(2)21(3,4)18-12-15(10-11-19(18)22)17-13-23-20-9-7-6-8-16(17)20/h6-13H,5H2,1-4H3/q+1. The highest BCUT2D eigenvalue weighted by molar-refractivity contribution is 7.17. The van der Waals surface area contributed by atoms with Crippen molar-refractivity contribution in [2.75, 3.05) is 6.54 Å². The summed E-state index contributed by atoms with van der Waals surface area (Å²) in [6.07, 6.45) is 0. The molecule has 0 N–H and O–H groups in total. The Morgan fingerprint density at radius 2 is 1.87 bits per heavy atom. The van der Waals surface area contributed by atoms with E-state index in [9.17, 15) is 0 Å². The summed E-state index contributed by atoms with van der Waals surface area (Å²) in [4.78, 5) is 0. The van der Waals surface area contributed by atoms with Crippen molar-refractivity contribution in [2.45, 2.75) is 33.1 Å². The minimum atomic E-state index is 0.104. The highest BCUT2D eigenvalue weighted by Crippen LogP contribution is 2.43. The van der Waals surface area contributed by atoms with Crippen LogP contribution in [-0.4, -0.2) is 16.8 Å². The summed E-state index contributed by atoms with van der Waals surface area (Å²) < 4.78 is 3.81. The number of benzene rings is 2. The Labute approximate surface area is 141 Å². The van der Waals surface area contributed by atoms with E-state index in [-0.39, 0.29) is 5.41 Å². The summed E-state index contributed by atoms with van der Waals surface area (Å²) in [5.41, 5.74) is 7.06. The molecule has 0 spiro atoms. The van der Waals surface area contributed by atoms with Crippen LogP contribution in [0.15, 0.2) is 47.8 Å². The number of fused-ring (bicyclic) bond motifs is 2. The van der Waals surface area contributed by atoms with Crippen molar-refractivity contribution in [3.05, 3.63) is 53.4 Å². The second-order valence-electron chi connectivity index (χ2n) is 6.83. The topological polar surface area (TPSA) is 3.01 Å². The molecule has 3 aromatic rings. The summed E-state index contributed by atoms with van der Waals surface area (Å²) in [6.45, 7) is 10.2. The molecule has 2 heteroatoms. The quantitative estimate of drug-likeness (QED) is 0.511. The van der Waals surface area contributed by atoms with Crippen LogP contribution in [0.25, 0.3) is 21.2 Å². The van der Waals surface area contributed by atoms with Crippen molar-refractivity contribution in [3.8, 4) is 11.1 Å². The number of thiophene rings is 1. The van der Waals surface area contributed by atoms with E-state index in [2.05, 4.69) is 80.1 Å². The Morgan fingerprint density at radius 3 is 2.65 bits per heavy atom. The maximum Gasteiger partial charge on any atom is 0.209 e. The number of hydrogen-bond acceptors (Lipinski definition) is 1. The second kappa shape index (κ2) is 5.04. The molecule has 116 valence electrons. The fourth-order valence-electron chi connectivity index (χ4n) is 3.76. The fraction of sp³-hybridized carbons (Fsp3) is 0.286. The molecule has 0 saturated heterocycles. The molecule has 0 radical (unpaired) electrons. The molecule has 0 fully saturated rings. The van der Waals surface area contributed by atoms with Gasteiger partial charge in [0.15, 0.2) is 5.71 Å². The molecule has 0 amide bonds.